The molecule has 6 nitrogen and oxygen atoms in total. The highest BCUT2D eigenvalue weighted by Gasteiger charge is 2.31. The van der Waals surface area contributed by atoms with Gasteiger partial charge >= 0.3 is 5.97 Å². The van der Waals surface area contributed by atoms with Gasteiger partial charge in [-0.1, -0.05) is 6.92 Å². The van der Waals surface area contributed by atoms with E-state index in [1.807, 2.05) is 13.8 Å². The molecule has 0 aliphatic rings. The lowest BCUT2D eigenvalue weighted by molar-refractivity contribution is -0.141. The molecule has 0 aromatic carbocycles. The molecule has 6 heteroatoms. The van der Waals surface area contributed by atoms with Crippen LogP contribution in [0, 0.1) is 0 Å². The Labute approximate surface area is 106 Å². The number of aliphatic carboxylic acids is 1. The number of rotatable bonds is 6. The molecule has 18 heavy (non-hydrogen) atoms. The fourth-order valence-corrected chi connectivity index (χ4v) is 1.29. The summed E-state index contributed by atoms with van der Waals surface area (Å²) in [5.74, 6) is -0.0614. The van der Waals surface area contributed by atoms with E-state index in [1.165, 1.54) is 6.33 Å². The van der Waals surface area contributed by atoms with Crippen molar-refractivity contribution in [3.05, 3.63) is 12.4 Å². The lowest BCUT2D eigenvalue weighted by atomic mass is 9.99. The third-order valence-corrected chi connectivity index (χ3v) is 2.58. The molecule has 0 aliphatic heterocycles. The fraction of sp³-hybridized carbons (Fsp3) is 0.583. The average molecular weight is 253 g/mol. The van der Waals surface area contributed by atoms with Crippen LogP contribution in [0.5, 0.6) is 5.88 Å². The van der Waals surface area contributed by atoms with Crippen LogP contribution in [0.2, 0.25) is 0 Å². The number of carboxylic acid groups (broad SMARTS) is 1. The largest absolute Gasteiger partial charge is 0.480 e. The Bertz CT molecular complexity index is 423. The van der Waals surface area contributed by atoms with Gasteiger partial charge in [-0.05, 0) is 27.2 Å². The highest BCUT2D eigenvalue weighted by molar-refractivity contribution is 5.81. The van der Waals surface area contributed by atoms with Crippen molar-refractivity contribution < 1.29 is 14.6 Å². The molecular weight excluding hydrogens is 234 g/mol. The van der Waals surface area contributed by atoms with E-state index in [1.54, 1.807) is 19.9 Å². The number of carboxylic acids is 1. The zero-order chi connectivity index (χ0) is 13.8. The van der Waals surface area contributed by atoms with Crippen LogP contribution < -0.4 is 10.1 Å². The number of nitrogens with one attached hydrogen (secondary N) is 1. The summed E-state index contributed by atoms with van der Waals surface area (Å²) >= 11 is 0. The number of anilines is 1. The molecular formula is C12H19N3O3. The predicted molar refractivity (Wildman–Crippen MR) is 67.8 cm³/mol. The van der Waals surface area contributed by atoms with Crippen molar-refractivity contribution >= 4 is 11.8 Å². The number of nitrogens with zero attached hydrogens (tertiary/aromatic N) is 2. The number of ether oxygens (including phenoxy) is 1. The van der Waals surface area contributed by atoms with Crippen molar-refractivity contribution in [2.75, 3.05) is 5.32 Å². The third kappa shape index (κ3) is 3.58. The first kappa shape index (κ1) is 14.2. The Morgan fingerprint density at radius 3 is 2.72 bits per heavy atom. The molecule has 100 valence electrons. The van der Waals surface area contributed by atoms with Gasteiger partial charge in [0.25, 0.3) is 0 Å². The minimum Gasteiger partial charge on any atom is -0.480 e. The minimum absolute atomic E-state index is 0.00443. The molecule has 0 radical (unpaired) electrons. The summed E-state index contributed by atoms with van der Waals surface area (Å²) in [5, 5.41) is 12.1. The third-order valence-electron chi connectivity index (χ3n) is 2.58. The van der Waals surface area contributed by atoms with Crippen molar-refractivity contribution in [1.29, 1.82) is 0 Å². The zero-order valence-corrected chi connectivity index (χ0v) is 11.1. The van der Waals surface area contributed by atoms with E-state index in [0.29, 0.717) is 18.1 Å². The highest BCUT2D eigenvalue weighted by Crippen LogP contribution is 2.19. The molecule has 2 N–H and O–H groups in total. The fourth-order valence-electron chi connectivity index (χ4n) is 1.29. The second-order valence-electron chi connectivity index (χ2n) is 4.52. The van der Waals surface area contributed by atoms with Gasteiger partial charge in [0.2, 0.25) is 5.88 Å². The van der Waals surface area contributed by atoms with Crippen LogP contribution in [0.1, 0.15) is 34.1 Å². The molecule has 0 fully saturated rings. The maximum Gasteiger partial charge on any atom is 0.329 e. The van der Waals surface area contributed by atoms with Gasteiger partial charge in [-0.2, -0.15) is 0 Å². The molecule has 1 rings (SSSR count). The molecule has 0 saturated heterocycles. The van der Waals surface area contributed by atoms with Crippen LogP contribution in [0.4, 0.5) is 5.82 Å². The summed E-state index contributed by atoms with van der Waals surface area (Å²) < 4.78 is 5.42. The number of hydrogen-bond donors (Lipinski definition) is 2. The standard InChI is InChI=1S/C12H19N3O3/c1-5-12(4,11(16)17)15-9-6-10(14-7-13-9)18-8(2)3/h6-8H,5H2,1-4H3,(H,16,17)(H,13,14,15). The van der Waals surface area contributed by atoms with Crippen molar-refractivity contribution in [2.24, 2.45) is 0 Å². The molecule has 0 bridgehead atoms. The molecule has 1 heterocycles. The van der Waals surface area contributed by atoms with E-state index in [0.717, 1.165) is 0 Å². The lowest BCUT2D eigenvalue weighted by Gasteiger charge is -2.25. The van der Waals surface area contributed by atoms with Gasteiger partial charge in [0, 0.05) is 6.07 Å². The normalized spacial score (nSPS) is 14.1. The van der Waals surface area contributed by atoms with Gasteiger partial charge in [0.15, 0.2) is 0 Å². The molecule has 1 unspecified atom stereocenters. The van der Waals surface area contributed by atoms with Gasteiger partial charge in [0.1, 0.15) is 17.7 Å². The predicted octanol–water partition coefficient (Wildman–Crippen LogP) is 1.93. The molecule has 1 atom stereocenters. The number of carbonyl (C=O) groups is 1. The van der Waals surface area contributed by atoms with Crippen LogP contribution in [0.3, 0.4) is 0 Å². The Hall–Kier alpha value is -1.85. The minimum atomic E-state index is -1.05. The SMILES string of the molecule is CCC(C)(Nc1cc(OC(C)C)ncn1)C(=O)O. The van der Waals surface area contributed by atoms with E-state index in [4.69, 9.17) is 4.74 Å². The molecule has 0 spiro atoms. The van der Waals surface area contributed by atoms with Crippen molar-refractivity contribution in [3.63, 3.8) is 0 Å². The Morgan fingerprint density at radius 1 is 1.56 bits per heavy atom. The summed E-state index contributed by atoms with van der Waals surface area (Å²) in [6.45, 7) is 7.19. The van der Waals surface area contributed by atoms with Crippen LogP contribution in [0.25, 0.3) is 0 Å². The monoisotopic (exact) mass is 253 g/mol. The first-order valence-electron chi connectivity index (χ1n) is 5.87. The van der Waals surface area contributed by atoms with Crippen molar-refractivity contribution in [2.45, 2.75) is 45.8 Å². The van der Waals surface area contributed by atoms with Crippen LogP contribution in [-0.2, 0) is 4.79 Å². The summed E-state index contributed by atoms with van der Waals surface area (Å²) in [6, 6.07) is 1.59. The molecule has 0 saturated carbocycles. The topological polar surface area (TPSA) is 84.3 Å². The Balaban J connectivity index is 2.87. The summed E-state index contributed by atoms with van der Waals surface area (Å²) in [4.78, 5) is 19.1. The smallest absolute Gasteiger partial charge is 0.329 e. The Kier molecular flexibility index (Phi) is 4.47. The quantitative estimate of drug-likeness (QED) is 0.805. The lowest BCUT2D eigenvalue weighted by Crippen LogP contribution is -2.42. The first-order valence-corrected chi connectivity index (χ1v) is 5.87. The maximum atomic E-state index is 11.2. The molecule has 0 amide bonds. The second-order valence-corrected chi connectivity index (χ2v) is 4.52. The van der Waals surface area contributed by atoms with Crippen molar-refractivity contribution in [3.8, 4) is 5.88 Å². The summed E-state index contributed by atoms with van der Waals surface area (Å²) in [7, 11) is 0. The maximum absolute atomic E-state index is 11.2. The molecule has 1 aromatic rings. The number of hydrogen-bond acceptors (Lipinski definition) is 5. The Morgan fingerprint density at radius 2 is 2.22 bits per heavy atom. The summed E-state index contributed by atoms with van der Waals surface area (Å²) in [5.41, 5.74) is -1.05. The molecule has 1 aromatic heterocycles. The van der Waals surface area contributed by atoms with Gasteiger partial charge in [-0.3, -0.25) is 0 Å². The second kappa shape index (κ2) is 5.66. The van der Waals surface area contributed by atoms with E-state index in [2.05, 4.69) is 15.3 Å². The highest BCUT2D eigenvalue weighted by atomic mass is 16.5. The van der Waals surface area contributed by atoms with Gasteiger partial charge in [0.05, 0.1) is 6.10 Å². The zero-order valence-electron chi connectivity index (χ0n) is 11.1. The van der Waals surface area contributed by atoms with Gasteiger partial charge in [-0.25, -0.2) is 14.8 Å². The molecule has 0 aliphatic carbocycles. The van der Waals surface area contributed by atoms with E-state index >= 15 is 0 Å². The summed E-state index contributed by atoms with van der Waals surface area (Å²) in [6.07, 6.45) is 1.79. The van der Waals surface area contributed by atoms with Gasteiger partial charge < -0.3 is 15.2 Å². The number of aromatic nitrogens is 2. The average Bonchev–Trinajstić information content (AvgIpc) is 2.28. The van der Waals surface area contributed by atoms with E-state index in [9.17, 15) is 9.90 Å². The van der Waals surface area contributed by atoms with Crippen LogP contribution in [0.15, 0.2) is 12.4 Å². The van der Waals surface area contributed by atoms with Crippen LogP contribution in [-0.4, -0.2) is 32.7 Å². The van der Waals surface area contributed by atoms with Crippen LogP contribution >= 0.6 is 0 Å². The van der Waals surface area contributed by atoms with Crippen molar-refractivity contribution in [1.82, 2.24) is 9.97 Å². The van der Waals surface area contributed by atoms with Gasteiger partial charge in [-0.15, -0.1) is 0 Å². The van der Waals surface area contributed by atoms with E-state index in [-0.39, 0.29) is 6.10 Å². The van der Waals surface area contributed by atoms with E-state index < -0.39 is 11.5 Å². The first-order chi connectivity index (χ1) is 8.37.